The average molecular weight is 329 g/mol. The Bertz CT molecular complexity index is 832. The number of aryl methyl sites for hydroxylation is 1. The van der Waals surface area contributed by atoms with Crippen LogP contribution in [0.4, 0.5) is 5.69 Å². The van der Waals surface area contributed by atoms with E-state index in [9.17, 15) is 14.4 Å². The molecule has 1 aliphatic rings. The minimum Gasteiger partial charge on any atom is -0.325 e. The van der Waals surface area contributed by atoms with Crippen LogP contribution in [0.1, 0.15) is 26.3 Å². The molecule has 23 heavy (non-hydrogen) atoms. The Kier molecular flexibility index (Phi) is 3.88. The molecule has 0 aromatic heterocycles. The summed E-state index contributed by atoms with van der Waals surface area (Å²) in [6.45, 7) is 1.55. The number of hydrogen-bond acceptors (Lipinski definition) is 3. The van der Waals surface area contributed by atoms with E-state index in [0.29, 0.717) is 5.69 Å². The molecule has 6 heteroatoms. The maximum Gasteiger partial charge on any atom is 0.263 e. The second-order valence-electron chi connectivity index (χ2n) is 5.28. The Balaban J connectivity index is 1.77. The Hall–Kier alpha value is -2.66. The molecular formula is C17H13ClN2O3. The first kappa shape index (κ1) is 15.2. The van der Waals surface area contributed by atoms with E-state index in [1.807, 2.05) is 19.1 Å². The third-order valence-electron chi connectivity index (χ3n) is 3.55. The van der Waals surface area contributed by atoms with Gasteiger partial charge in [-0.05, 0) is 36.8 Å². The molecule has 1 aliphatic heterocycles. The quantitative estimate of drug-likeness (QED) is 0.881. The van der Waals surface area contributed by atoms with Crippen LogP contribution in [0, 0.1) is 6.92 Å². The van der Waals surface area contributed by atoms with Crippen LogP contribution >= 0.6 is 11.6 Å². The largest absolute Gasteiger partial charge is 0.325 e. The molecule has 0 bridgehead atoms. The molecule has 2 aromatic carbocycles. The molecule has 0 aliphatic carbocycles. The molecule has 2 aromatic rings. The first-order chi connectivity index (χ1) is 11.0. The van der Waals surface area contributed by atoms with E-state index in [2.05, 4.69) is 5.32 Å². The van der Waals surface area contributed by atoms with Crippen molar-refractivity contribution in [3.8, 4) is 0 Å². The number of carbonyl (C=O) groups is 3. The molecule has 0 fully saturated rings. The minimum atomic E-state index is -0.546. The van der Waals surface area contributed by atoms with Crippen LogP contribution in [0.3, 0.4) is 0 Å². The first-order valence-corrected chi connectivity index (χ1v) is 7.36. The number of rotatable bonds is 3. The van der Waals surface area contributed by atoms with Gasteiger partial charge in [0.25, 0.3) is 11.8 Å². The highest BCUT2D eigenvalue weighted by molar-refractivity contribution is 6.37. The summed E-state index contributed by atoms with van der Waals surface area (Å²) in [5.41, 5.74) is 1.99. The minimum absolute atomic E-state index is 0.155. The number of benzene rings is 2. The van der Waals surface area contributed by atoms with Crippen LogP contribution in [0.2, 0.25) is 5.02 Å². The summed E-state index contributed by atoms with van der Waals surface area (Å²) in [6, 6.07) is 11.9. The molecule has 0 radical (unpaired) electrons. The molecule has 0 saturated carbocycles. The van der Waals surface area contributed by atoms with Crippen molar-refractivity contribution in [2.24, 2.45) is 0 Å². The van der Waals surface area contributed by atoms with Crippen LogP contribution in [-0.4, -0.2) is 29.2 Å². The number of amides is 3. The van der Waals surface area contributed by atoms with Gasteiger partial charge in [-0.1, -0.05) is 29.8 Å². The molecule has 116 valence electrons. The third-order valence-corrected chi connectivity index (χ3v) is 3.87. The molecule has 5 nitrogen and oxygen atoms in total. The molecule has 0 saturated heterocycles. The summed E-state index contributed by atoms with van der Waals surface area (Å²) < 4.78 is 0. The molecule has 0 spiro atoms. The van der Waals surface area contributed by atoms with Gasteiger partial charge in [-0.2, -0.15) is 0 Å². The number of nitrogens with zero attached hydrogens (tertiary/aromatic N) is 1. The smallest absolute Gasteiger partial charge is 0.263 e. The standard InChI is InChI=1S/C17H13ClN2O3/c1-10-4-2-5-11(8-10)19-14(21)9-20-16(22)12-6-3-7-13(18)15(12)17(20)23/h2-8H,9H2,1H3,(H,19,21). The molecule has 3 amide bonds. The molecule has 3 rings (SSSR count). The number of fused-ring (bicyclic) bond motifs is 1. The van der Waals surface area contributed by atoms with Crippen molar-refractivity contribution >= 4 is 35.0 Å². The zero-order chi connectivity index (χ0) is 16.6. The lowest BCUT2D eigenvalue weighted by Crippen LogP contribution is -2.37. The molecule has 1 heterocycles. The highest BCUT2D eigenvalue weighted by Gasteiger charge is 2.38. The Morgan fingerprint density at radius 3 is 2.57 bits per heavy atom. The monoisotopic (exact) mass is 328 g/mol. The highest BCUT2D eigenvalue weighted by Crippen LogP contribution is 2.28. The highest BCUT2D eigenvalue weighted by atomic mass is 35.5. The van der Waals surface area contributed by atoms with Crippen molar-refractivity contribution in [3.63, 3.8) is 0 Å². The van der Waals surface area contributed by atoms with Crippen LogP contribution in [0.15, 0.2) is 42.5 Å². The lowest BCUT2D eigenvalue weighted by atomic mass is 10.1. The molecule has 1 N–H and O–H groups in total. The van der Waals surface area contributed by atoms with Gasteiger partial charge in [0.15, 0.2) is 0 Å². The number of hydrogen-bond donors (Lipinski definition) is 1. The van der Waals surface area contributed by atoms with Gasteiger partial charge < -0.3 is 5.32 Å². The maximum absolute atomic E-state index is 12.3. The van der Waals surface area contributed by atoms with Gasteiger partial charge in [-0.3, -0.25) is 19.3 Å². The SMILES string of the molecule is Cc1cccc(NC(=O)CN2C(=O)c3cccc(Cl)c3C2=O)c1. The van der Waals surface area contributed by atoms with Gasteiger partial charge in [0, 0.05) is 5.69 Å². The van der Waals surface area contributed by atoms with Gasteiger partial charge in [0.1, 0.15) is 6.54 Å². The van der Waals surface area contributed by atoms with Crippen molar-refractivity contribution in [2.45, 2.75) is 6.92 Å². The van der Waals surface area contributed by atoms with Crippen molar-refractivity contribution in [3.05, 3.63) is 64.2 Å². The molecule has 0 atom stereocenters. The van der Waals surface area contributed by atoms with Gasteiger partial charge in [0.2, 0.25) is 5.91 Å². The topological polar surface area (TPSA) is 66.5 Å². The summed E-state index contributed by atoms with van der Waals surface area (Å²) in [5, 5.41) is 2.88. The van der Waals surface area contributed by atoms with E-state index >= 15 is 0 Å². The zero-order valence-electron chi connectivity index (χ0n) is 12.3. The van der Waals surface area contributed by atoms with Gasteiger partial charge in [-0.25, -0.2) is 0 Å². The predicted molar refractivity (Wildman–Crippen MR) is 86.6 cm³/mol. The predicted octanol–water partition coefficient (Wildman–Crippen LogP) is 2.88. The van der Waals surface area contributed by atoms with Gasteiger partial charge in [0.05, 0.1) is 16.1 Å². The number of halogens is 1. The van der Waals surface area contributed by atoms with Crippen molar-refractivity contribution < 1.29 is 14.4 Å². The second kappa shape index (κ2) is 5.85. The van der Waals surface area contributed by atoms with E-state index in [0.717, 1.165) is 10.5 Å². The first-order valence-electron chi connectivity index (χ1n) is 6.98. The number of anilines is 1. The van der Waals surface area contributed by atoms with Crippen LogP contribution in [0.25, 0.3) is 0 Å². The second-order valence-corrected chi connectivity index (χ2v) is 5.68. The summed E-state index contributed by atoms with van der Waals surface area (Å²) in [5.74, 6) is -1.50. The number of imide groups is 1. The van der Waals surface area contributed by atoms with Crippen LogP contribution in [0.5, 0.6) is 0 Å². The number of carbonyl (C=O) groups excluding carboxylic acids is 3. The average Bonchev–Trinajstić information content (AvgIpc) is 2.73. The van der Waals surface area contributed by atoms with E-state index in [4.69, 9.17) is 11.6 Å². The summed E-state index contributed by atoms with van der Waals surface area (Å²) in [4.78, 5) is 37.6. The zero-order valence-corrected chi connectivity index (χ0v) is 13.1. The fourth-order valence-electron chi connectivity index (χ4n) is 2.50. The lowest BCUT2D eigenvalue weighted by molar-refractivity contribution is -0.116. The van der Waals surface area contributed by atoms with E-state index in [1.165, 1.54) is 6.07 Å². The normalized spacial score (nSPS) is 13.2. The fourth-order valence-corrected chi connectivity index (χ4v) is 2.76. The molecule has 0 unspecified atom stereocenters. The Labute approximate surface area is 137 Å². The summed E-state index contributed by atoms with van der Waals surface area (Å²) in [7, 11) is 0. The number of nitrogens with one attached hydrogen (secondary N) is 1. The van der Waals surface area contributed by atoms with Crippen molar-refractivity contribution in [1.82, 2.24) is 4.90 Å². The summed E-state index contributed by atoms with van der Waals surface area (Å²) in [6.07, 6.45) is 0. The Morgan fingerprint density at radius 2 is 1.87 bits per heavy atom. The fraction of sp³-hybridized carbons (Fsp3) is 0.118. The van der Waals surface area contributed by atoms with Gasteiger partial charge in [-0.15, -0.1) is 0 Å². The van der Waals surface area contributed by atoms with Crippen molar-refractivity contribution in [1.29, 1.82) is 0 Å². The summed E-state index contributed by atoms with van der Waals surface area (Å²) >= 11 is 5.98. The van der Waals surface area contributed by atoms with E-state index < -0.39 is 17.7 Å². The van der Waals surface area contributed by atoms with E-state index in [-0.39, 0.29) is 22.7 Å². The van der Waals surface area contributed by atoms with Crippen LogP contribution < -0.4 is 5.32 Å². The third kappa shape index (κ3) is 2.83. The van der Waals surface area contributed by atoms with E-state index in [1.54, 1.807) is 24.3 Å². The maximum atomic E-state index is 12.3. The Morgan fingerprint density at radius 1 is 1.13 bits per heavy atom. The van der Waals surface area contributed by atoms with Crippen LogP contribution in [-0.2, 0) is 4.79 Å². The van der Waals surface area contributed by atoms with Crippen molar-refractivity contribution in [2.75, 3.05) is 11.9 Å². The molecular weight excluding hydrogens is 316 g/mol. The van der Waals surface area contributed by atoms with Gasteiger partial charge >= 0.3 is 0 Å². The lowest BCUT2D eigenvalue weighted by Gasteiger charge is -2.13.